The van der Waals surface area contributed by atoms with Gasteiger partial charge in [-0.3, -0.25) is 4.99 Å². The van der Waals surface area contributed by atoms with Crippen molar-refractivity contribution >= 4 is 16.9 Å². The van der Waals surface area contributed by atoms with E-state index in [9.17, 15) is 15.3 Å². The molecule has 2 aliphatic heterocycles. The van der Waals surface area contributed by atoms with Crippen LogP contribution >= 0.6 is 11.8 Å². The summed E-state index contributed by atoms with van der Waals surface area (Å²) >= 11 is 1.35. The summed E-state index contributed by atoms with van der Waals surface area (Å²) in [5.41, 5.74) is -0.355. The van der Waals surface area contributed by atoms with Crippen molar-refractivity contribution in [1.82, 2.24) is 5.32 Å². The second-order valence-corrected chi connectivity index (χ2v) is 5.50. The van der Waals surface area contributed by atoms with E-state index in [0.717, 1.165) is 0 Å². The zero-order chi connectivity index (χ0) is 13.3. The highest BCUT2D eigenvalue weighted by atomic mass is 32.2. The maximum Gasteiger partial charge on any atom is 0.159 e. The zero-order valence-electron chi connectivity index (χ0n) is 10.1. The van der Waals surface area contributed by atoms with Crippen molar-refractivity contribution in [2.75, 3.05) is 6.54 Å². The summed E-state index contributed by atoms with van der Waals surface area (Å²) in [5, 5.41) is 33.1. The van der Waals surface area contributed by atoms with E-state index in [4.69, 9.17) is 4.74 Å². The van der Waals surface area contributed by atoms with E-state index in [1.165, 1.54) is 18.7 Å². The normalized spacial score (nSPS) is 43.3. The number of hydrogen-bond donors (Lipinski definition) is 4. The van der Waals surface area contributed by atoms with Gasteiger partial charge in [0.2, 0.25) is 0 Å². The lowest BCUT2D eigenvalue weighted by Crippen LogP contribution is -2.61. The first-order valence-electron chi connectivity index (χ1n) is 5.82. The maximum absolute atomic E-state index is 10.0. The Labute approximate surface area is 110 Å². The number of aliphatic hydroxyl groups is 3. The highest BCUT2D eigenvalue weighted by Gasteiger charge is 2.50. The molecule has 0 aromatic rings. The van der Waals surface area contributed by atoms with E-state index in [0.29, 0.717) is 11.7 Å². The minimum absolute atomic E-state index is 0.355. The number of amidine groups is 1. The van der Waals surface area contributed by atoms with Gasteiger partial charge in [0, 0.05) is 0 Å². The molecule has 102 valence electrons. The van der Waals surface area contributed by atoms with Crippen molar-refractivity contribution in [3.05, 3.63) is 12.7 Å². The number of ether oxygens (including phenoxy) is 1. The molecule has 0 aliphatic carbocycles. The average molecular weight is 274 g/mol. The van der Waals surface area contributed by atoms with Crippen LogP contribution in [0.15, 0.2) is 17.6 Å². The molecule has 0 aromatic heterocycles. The monoisotopic (exact) mass is 274 g/mol. The first kappa shape index (κ1) is 13.8. The van der Waals surface area contributed by atoms with Crippen molar-refractivity contribution in [2.24, 2.45) is 4.99 Å². The molecule has 6 unspecified atom stereocenters. The number of thioether (sulfide) groups is 1. The lowest BCUT2D eigenvalue weighted by Gasteiger charge is -2.40. The van der Waals surface area contributed by atoms with Gasteiger partial charge >= 0.3 is 0 Å². The highest BCUT2D eigenvalue weighted by Crippen LogP contribution is 2.34. The largest absolute Gasteiger partial charge is 0.391 e. The highest BCUT2D eigenvalue weighted by molar-refractivity contribution is 8.14. The topological polar surface area (TPSA) is 94.3 Å². The van der Waals surface area contributed by atoms with E-state index >= 15 is 0 Å². The molecule has 6 atom stereocenters. The summed E-state index contributed by atoms with van der Waals surface area (Å²) in [6.45, 7) is 5.58. The Morgan fingerprint density at radius 2 is 2.28 bits per heavy atom. The predicted octanol–water partition coefficient (Wildman–Crippen LogP) is -0.939. The average Bonchev–Trinajstić information content (AvgIpc) is 2.74. The van der Waals surface area contributed by atoms with Gasteiger partial charge in [-0.05, 0) is 6.92 Å². The summed E-state index contributed by atoms with van der Waals surface area (Å²) < 4.78 is 5.60. The summed E-state index contributed by atoms with van der Waals surface area (Å²) in [7, 11) is 0. The molecule has 2 rings (SSSR count). The molecule has 0 amide bonds. The van der Waals surface area contributed by atoms with Gasteiger partial charge < -0.3 is 25.4 Å². The molecule has 0 saturated carbocycles. The van der Waals surface area contributed by atoms with Crippen LogP contribution < -0.4 is 5.32 Å². The number of aliphatic hydroxyl groups excluding tert-OH is 3. The second kappa shape index (κ2) is 5.58. The summed E-state index contributed by atoms with van der Waals surface area (Å²) in [5.74, 6) is 0. The third kappa shape index (κ3) is 2.55. The van der Waals surface area contributed by atoms with Gasteiger partial charge in [-0.1, -0.05) is 17.8 Å². The number of aliphatic imine (C=N–C) groups is 1. The number of nitrogens with one attached hydrogen (secondary N) is 1. The number of rotatable bonds is 3. The fourth-order valence-corrected chi connectivity index (χ4v) is 3.19. The van der Waals surface area contributed by atoms with Crippen LogP contribution in [0.3, 0.4) is 0 Å². The summed E-state index contributed by atoms with van der Waals surface area (Å²) in [4.78, 5) is 4.21. The molecule has 18 heavy (non-hydrogen) atoms. The van der Waals surface area contributed by atoms with Gasteiger partial charge in [0.25, 0.3) is 0 Å². The molecule has 2 heterocycles. The quantitative estimate of drug-likeness (QED) is 0.496. The zero-order valence-corrected chi connectivity index (χ0v) is 10.9. The first-order chi connectivity index (χ1) is 8.54. The molecule has 2 fully saturated rings. The molecule has 0 spiro atoms. The Morgan fingerprint density at radius 3 is 2.89 bits per heavy atom. The molecule has 4 N–H and O–H groups in total. The van der Waals surface area contributed by atoms with E-state index in [1.54, 1.807) is 6.08 Å². The predicted molar refractivity (Wildman–Crippen MR) is 69.4 cm³/mol. The van der Waals surface area contributed by atoms with Crippen LogP contribution in [0.4, 0.5) is 0 Å². The number of nitrogens with zero attached hydrogens (tertiary/aromatic N) is 1. The molecule has 7 heteroatoms. The molecule has 2 saturated heterocycles. The van der Waals surface area contributed by atoms with Gasteiger partial charge in [0.1, 0.15) is 23.7 Å². The Kier molecular flexibility index (Phi) is 4.29. The van der Waals surface area contributed by atoms with Crippen molar-refractivity contribution in [3.8, 4) is 0 Å². The van der Waals surface area contributed by atoms with Crippen LogP contribution in [0.5, 0.6) is 0 Å². The molecule has 0 aromatic carbocycles. The molecule has 0 bridgehead atoms. The SMILES string of the molecule is C=CCN=C1NC2C(OC(C(C)O)C(O)C2O)S1. The minimum Gasteiger partial charge on any atom is -0.391 e. The number of fused-ring (bicyclic) bond motifs is 1. The van der Waals surface area contributed by atoms with Crippen LogP contribution in [-0.4, -0.2) is 62.9 Å². The van der Waals surface area contributed by atoms with Gasteiger partial charge in [-0.2, -0.15) is 0 Å². The maximum atomic E-state index is 10.0. The van der Waals surface area contributed by atoms with Gasteiger partial charge in [-0.15, -0.1) is 6.58 Å². The van der Waals surface area contributed by atoms with E-state index in [1.807, 2.05) is 0 Å². The van der Waals surface area contributed by atoms with Gasteiger partial charge in [0.05, 0.1) is 18.7 Å². The first-order valence-corrected chi connectivity index (χ1v) is 6.70. The van der Waals surface area contributed by atoms with Crippen LogP contribution in [0.25, 0.3) is 0 Å². The lowest BCUT2D eigenvalue weighted by molar-refractivity contribution is -0.184. The molecule has 6 nitrogen and oxygen atoms in total. The Hall–Kier alpha value is -0.600. The molecular formula is C11H18N2O4S. The third-order valence-corrected chi connectivity index (χ3v) is 4.10. The van der Waals surface area contributed by atoms with Crippen molar-refractivity contribution in [1.29, 1.82) is 0 Å². The van der Waals surface area contributed by atoms with E-state index in [2.05, 4.69) is 16.9 Å². The molecular weight excluding hydrogens is 256 g/mol. The summed E-state index contributed by atoms with van der Waals surface area (Å²) in [6.07, 6.45) is -2.06. The van der Waals surface area contributed by atoms with E-state index in [-0.39, 0.29) is 5.44 Å². The Balaban J connectivity index is 2.09. The van der Waals surface area contributed by atoms with Crippen molar-refractivity contribution < 1.29 is 20.1 Å². The fraction of sp³-hybridized carbons (Fsp3) is 0.727. The number of hydrogen-bond acceptors (Lipinski definition) is 6. The van der Waals surface area contributed by atoms with Crippen LogP contribution in [0.1, 0.15) is 6.92 Å². The fourth-order valence-electron chi connectivity index (χ4n) is 2.06. The van der Waals surface area contributed by atoms with Gasteiger partial charge in [-0.25, -0.2) is 0 Å². The van der Waals surface area contributed by atoms with Crippen molar-refractivity contribution in [2.45, 2.75) is 42.8 Å². The summed E-state index contributed by atoms with van der Waals surface area (Å²) in [6, 6.07) is -0.413. The minimum atomic E-state index is -1.11. The lowest BCUT2D eigenvalue weighted by atomic mass is 9.95. The smallest absolute Gasteiger partial charge is 0.159 e. The third-order valence-electron chi connectivity index (χ3n) is 3.00. The molecule has 0 radical (unpaired) electrons. The molecule has 2 aliphatic rings. The van der Waals surface area contributed by atoms with E-state index < -0.39 is 30.5 Å². The van der Waals surface area contributed by atoms with Crippen LogP contribution in [-0.2, 0) is 4.74 Å². The standard InChI is InChI=1S/C11H18N2O4S/c1-3-4-12-11-13-6-7(15)8(16)9(5(2)14)17-10(6)18-11/h3,5-10,14-16H,1,4H2,2H3,(H,12,13). The van der Waals surface area contributed by atoms with Crippen LogP contribution in [0.2, 0.25) is 0 Å². The Bertz CT molecular complexity index is 350. The second-order valence-electron chi connectivity index (χ2n) is 4.41. The van der Waals surface area contributed by atoms with Gasteiger partial charge in [0.15, 0.2) is 5.17 Å². The van der Waals surface area contributed by atoms with Crippen molar-refractivity contribution in [3.63, 3.8) is 0 Å². The Morgan fingerprint density at radius 1 is 1.56 bits per heavy atom. The van der Waals surface area contributed by atoms with Crippen LogP contribution in [0, 0.1) is 0 Å².